The number of amides is 2. The van der Waals surface area contributed by atoms with Crippen molar-refractivity contribution in [3.63, 3.8) is 0 Å². The number of benzene rings is 3. The first-order chi connectivity index (χ1) is 30.8. The largest absolute Gasteiger partial charge is 0.456 e. The number of nitrogens with zero attached hydrogens (tertiary/aromatic N) is 1. The van der Waals surface area contributed by atoms with Crippen molar-refractivity contribution in [2.75, 3.05) is 25.7 Å². The number of carbonyl (C=O) groups excluding carboxylic acids is 6. The Morgan fingerprint density at radius 2 is 1.40 bits per heavy atom. The first kappa shape index (κ1) is 47.8. The fraction of sp³-hybridized carbons (Fsp3) is 0.388. The molecule has 2 amide bonds. The Labute approximate surface area is 381 Å². The maximum absolute atomic E-state index is 15.0. The van der Waals surface area contributed by atoms with Crippen LogP contribution in [-0.4, -0.2) is 67.0 Å². The van der Waals surface area contributed by atoms with Gasteiger partial charge in [0, 0.05) is 40.1 Å². The summed E-state index contributed by atoms with van der Waals surface area (Å²) in [5, 5.41) is 3.82. The SMILES string of the molecule is C[C@H]([C@H](Cc1ccc(C(=O)Nc2ccccc2)o1)c1ccc2c(c1)OCO2)N(Cc1cc2ccccc2s1)C(=O)C[C@H](CC(=O)OCOC(=O)C(C)(C)C)C(=O)OCOC(=O)C(C)(C)C. The standard InChI is InChI=1S/C49H54N2O13S/c1-30(37(31-17-19-38-40(22-31)59-27-58-38)25-35-18-20-39(64-35)44(54)50-34-14-9-8-10-15-34)51(26-36-21-32-13-11-12-16-41(32)65-36)42(52)23-33(45(55)61-29-63-47(57)49(5,6)7)24-43(53)60-28-62-46(56)48(2,3)4/h8-22,30,33,37H,23-29H2,1-7H3,(H,50,54)/t30-,33-,37+/m1/s1. The molecule has 0 aliphatic carbocycles. The van der Waals surface area contributed by atoms with Crippen molar-refractivity contribution in [1.82, 2.24) is 4.90 Å². The number of nitrogens with one attached hydrogen (secondary N) is 1. The fourth-order valence-electron chi connectivity index (χ4n) is 6.88. The quantitative estimate of drug-likeness (QED) is 0.0650. The molecule has 15 nitrogen and oxygen atoms in total. The Morgan fingerprint density at radius 3 is 2.09 bits per heavy atom. The summed E-state index contributed by atoms with van der Waals surface area (Å²) in [6.45, 7) is 10.4. The number of para-hydroxylation sites is 1. The van der Waals surface area contributed by atoms with Gasteiger partial charge in [0.1, 0.15) is 5.76 Å². The zero-order valence-electron chi connectivity index (χ0n) is 37.5. The highest BCUT2D eigenvalue weighted by Crippen LogP contribution is 2.39. The minimum absolute atomic E-state index is 0.0436. The molecule has 1 aliphatic rings. The van der Waals surface area contributed by atoms with E-state index in [0.29, 0.717) is 22.9 Å². The predicted octanol–water partition coefficient (Wildman–Crippen LogP) is 8.80. The maximum atomic E-state index is 15.0. The summed E-state index contributed by atoms with van der Waals surface area (Å²) in [6, 6.07) is 27.0. The zero-order chi connectivity index (χ0) is 46.9. The second-order valence-electron chi connectivity index (χ2n) is 17.7. The molecule has 1 N–H and O–H groups in total. The molecule has 3 heterocycles. The van der Waals surface area contributed by atoms with Crippen molar-refractivity contribution in [2.45, 2.75) is 86.2 Å². The fourth-order valence-corrected chi connectivity index (χ4v) is 7.94. The van der Waals surface area contributed by atoms with Gasteiger partial charge in [-0.1, -0.05) is 42.5 Å². The Bertz CT molecular complexity index is 2460. The van der Waals surface area contributed by atoms with Crippen LogP contribution in [0.5, 0.6) is 11.5 Å². The molecule has 0 unspecified atom stereocenters. The average Bonchev–Trinajstić information content (AvgIpc) is 4.03. The van der Waals surface area contributed by atoms with Gasteiger partial charge in [0.05, 0.1) is 29.7 Å². The first-order valence-corrected chi connectivity index (χ1v) is 22.0. The second-order valence-corrected chi connectivity index (χ2v) is 18.9. The molecule has 0 saturated heterocycles. The number of hydrogen-bond acceptors (Lipinski definition) is 14. The van der Waals surface area contributed by atoms with Gasteiger partial charge >= 0.3 is 23.9 Å². The molecular formula is C49H54N2O13S. The van der Waals surface area contributed by atoms with Crippen LogP contribution in [0, 0.1) is 16.7 Å². The van der Waals surface area contributed by atoms with Gasteiger partial charge < -0.3 is 43.1 Å². The third kappa shape index (κ3) is 13.0. The molecule has 3 aromatic carbocycles. The summed E-state index contributed by atoms with van der Waals surface area (Å²) >= 11 is 1.51. The van der Waals surface area contributed by atoms with Crippen molar-refractivity contribution in [3.05, 3.63) is 113 Å². The van der Waals surface area contributed by atoms with E-state index < -0.39 is 90.8 Å². The molecule has 0 bridgehead atoms. The molecule has 0 fully saturated rings. The Hall–Kier alpha value is -6.68. The second kappa shape index (κ2) is 20.9. The molecule has 65 heavy (non-hydrogen) atoms. The number of hydrogen-bond donors (Lipinski definition) is 1. The normalized spacial score (nSPS) is 13.6. The summed E-state index contributed by atoms with van der Waals surface area (Å²) in [5.74, 6) is -4.36. The van der Waals surface area contributed by atoms with Crippen LogP contribution in [0.15, 0.2) is 95.4 Å². The predicted molar refractivity (Wildman–Crippen MR) is 240 cm³/mol. The highest BCUT2D eigenvalue weighted by molar-refractivity contribution is 7.19. The van der Waals surface area contributed by atoms with E-state index in [1.807, 2.05) is 55.5 Å². The van der Waals surface area contributed by atoms with Gasteiger partial charge in [-0.3, -0.25) is 28.8 Å². The smallest absolute Gasteiger partial charge is 0.314 e. The van der Waals surface area contributed by atoms with Crippen molar-refractivity contribution in [1.29, 1.82) is 0 Å². The number of carbonyl (C=O) groups is 6. The topological polar surface area (TPSA) is 186 Å². The molecular weight excluding hydrogens is 857 g/mol. The molecule has 6 rings (SSSR count). The number of anilines is 1. The number of furan rings is 1. The minimum atomic E-state index is -1.40. The van der Waals surface area contributed by atoms with Gasteiger partial charge in [0.15, 0.2) is 17.3 Å². The molecule has 2 aromatic heterocycles. The number of ether oxygens (including phenoxy) is 6. The summed E-state index contributed by atoms with van der Waals surface area (Å²) < 4.78 is 39.3. The summed E-state index contributed by atoms with van der Waals surface area (Å²) in [4.78, 5) is 82.5. The lowest BCUT2D eigenvalue weighted by molar-refractivity contribution is -0.181. The third-order valence-electron chi connectivity index (χ3n) is 10.6. The van der Waals surface area contributed by atoms with Crippen LogP contribution < -0.4 is 14.8 Å². The Balaban J connectivity index is 1.31. The van der Waals surface area contributed by atoms with Crippen LogP contribution >= 0.6 is 11.3 Å². The van der Waals surface area contributed by atoms with Crippen molar-refractivity contribution >= 4 is 62.8 Å². The molecule has 5 aromatic rings. The lowest BCUT2D eigenvalue weighted by Crippen LogP contribution is -2.43. The minimum Gasteiger partial charge on any atom is -0.456 e. The maximum Gasteiger partial charge on any atom is 0.314 e. The van der Waals surface area contributed by atoms with Gasteiger partial charge in [-0.15, -0.1) is 11.3 Å². The van der Waals surface area contributed by atoms with Gasteiger partial charge in [-0.2, -0.15) is 0 Å². The van der Waals surface area contributed by atoms with E-state index in [9.17, 15) is 28.8 Å². The van der Waals surface area contributed by atoms with Crippen LogP contribution in [0.2, 0.25) is 0 Å². The molecule has 16 heteroatoms. The number of esters is 4. The number of thiophene rings is 1. The first-order valence-electron chi connectivity index (χ1n) is 21.1. The van der Waals surface area contributed by atoms with Crippen LogP contribution in [0.25, 0.3) is 10.1 Å². The van der Waals surface area contributed by atoms with Crippen LogP contribution in [0.1, 0.15) is 94.0 Å². The van der Waals surface area contributed by atoms with E-state index in [1.165, 1.54) is 11.3 Å². The van der Waals surface area contributed by atoms with E-state index in [-0.39, 0.29) is 25.5 Å². The van der Waals surface area contributed by atoms with E-state index in [1.54, 1.807) is 88.9 Å². The Morgan fingerprint density at radius 1 is 0.738 bits per heavy atom. The van der Waals surface area contributed by atoms with E-state index in [4.69, 9.17) is 32.8 Å². The summed E-state index contributed by atoms with van der Waals surface area (Å²) in [7, 11) is 0. The van der Waals surface area contributed by atoms with Crippen molar-refractivity contribution in [2.24, 2.45) is 16.7 Å². The van der Waals surface area contributed by atoms with Crippen LogP contribution in [0.3, 0.4) is 0 Å². The molecule has 0 radical (unpaired) electrons. The van der Waals surface area contributed by atoms with Crippen molar-refractivity contribution < 1.29 is 61.6 Å². The highest BCUT2D eigenvalue weighted by Gasteiger charge is 2.36. The monoisotopic (exact) mass is 910 g/mol. The van der Waals surface area contributed by atoms with Crippen LogP contribution in [-0.2, 0) is 55.9 Å². The van der Waals surface area contributed by atoms with E-state index >= 15 is 0 Å². The lowest BCUT2D eigenvalue weighted by Gasteiger charge is -2.35. The molecule has 1 aliphatic heterocycles. The van der Waals surface area contributed by atoms with Crippen LogP contribution in [0.4, 0.5) is 5.69 Å². The number of rotatable bonds is 18. The summed E-state index contributed by atoms with van der Waals surface area (Å²) in [5.41, 5.74) is -0.381. The zero-order valence-corrected chi connectivity index (χ0v) is 38.3. The lowest BCUT2D eigenvalue weighted by atomic mass is 9.86. The molecule has 0 spiro atoms. The van der Waals surface area contributed by atoms with E-state index in [0.717, 1.165) is 20.5 Å². The van der Waals surface area contributed by atoms with E-state index in [2.05, 4.69) is 5.32 Å². The van der Waals surface area contributed by atoms with Gasteiger partial charge in [0.2, 0.25) is 26.3 Å². The number of fused-ring (bicyclic) bond motifs is 2. The van der Waals surface area contributed by atoms with Gasteiger partial charge in [0.25, 0.3) is 5.91 Å². The summed E-state index contributed by atoms with van der Waals surface area (Å²) in [6.07, 6.45) is -0.918. The van der Waals surface area contributed by atoms with Crippen molar-refractivity contribution in [3.8, 4) is 11.5 Å². The highest BCUT2D eigenvalue weighted by atomic mass is 32.1. The third-order valence-corrected chi connectivity index (χ3v) is 11.7. The molecule has 0 saturated carbocycles. The van der Waals surface area contributed by atoms with Gasteiger partial charge in [-0.25, -0.2) is 0 Å². The Kier molecular flexibility index (Phi) is 15.4. The average molecular weight is 911 g/mol. The van der Waals surface area contributed by atoms with Gasteiger partial charge in [-0.05, 0) is 108 Å². The molecule has 344 valence electrons. The molecule has 3 atom stereocenters.